The van der Waals surface area contributed by atoms with Crippen molar-refractivity contribution in [2.24, 2.45) is 0 Å². The van der Waals surface area contributed by atoms with E-state index in [0.717, 1.165) is 23.2 Å². The van der Waals surface area contributed by atoms with Crippen molar-refractivity contribution in [1.29, 1.82) is 0 Å². The second-order valence-electron chi connectivity index (χ2n) is 4.10. The van der Waals surface area contributed by atoms with E-state index in [2.05, 4.69) is 32.7 Å². The van der Waals surface area contributed by atoms with Crippen LogP contribution in [0.1, 0.15) is 18.4 Å². The number of hydrogen-bond donors (Lipinski definition) is 1. The fourth-order valence-corrected chi connectivity index (χ4v) is 3.14. The Morgan fingerprint density at radius 1 is 1.75 bits per heavy atom. The highest BCUT2D eigenvalue weighted by atomic mass is 79.9. The molecule has 0 aliphatic carbocycles. The summed E-state index contributed by atoms with van der Waals surface area (Å²) in [7, 11) is 1.87. The lowest BCUT2D eigenvalue weighted by atomic mass is 10.2. The maximum absolute atomic E-state index is 12.0. The number of thiophene rings is 1. The maximum Gasteiger partial charge on any atom is 0.239 e. The molecule has 16 heavy (non-hydrogen) atoms. The molecule has 5 heteroatoms. The van der Waals surface area contributed by atoms with Crippen LogP contribution >= 0.6 is 27.3 Å². The van der Waals surface area contributed by atoms with Gasteiger partial charge in [0.1, 0.15) is 0 Å². The predicted molar refractivity (Wildman–Crippen MR) is 69.5 cm³/mol. The first-order valence-electron chi connectivity index (χ1n) is 5.38. The number of carbonyl (C=O) groups excluding carboxylic acids is 1. The first-order valence-corrected chi connectivity index (χ1v) is 7.05. The summed E-state index contributed by atoms with van der Waals surface area (Å²) in [6, 6.07) is 2.10. The van der Waals surface area contributed by atoms with Crippen LogP contribution in [0, 0.1) is 0 Å². The summed E-state index contributed by atoms with van der Waals surface area (Å²) >= 11 is 5.08. The van der Waals surface area contributed by atoms with Crippen LogP contribution in [0.15, 0.2) is 15.2 Å². The standard InChI is InChI=1S/C11H15BrN2OS/c1-14(6-8-5-10(12)16-7-8)11(15)9-3-2-4-13-9/h5,7,9,13H,2-4,6H2,1H3/t9-/m0/s1. The minimum Gasteiger partial charge on any atom is -0.340 e. The summed E-state index contributed by atoms with van der Waals surface area (Å²) in [6.07, 6.45) is 2.07. The molecular formula is C11H15BrN2OS. The molecule has 0 radical (unpaired) electrons. The molecule has 3 nitrogen and oxygen atoms in total. The van der Waals surface area contributed by atoms with E-state index in [1.54, 1.807) is 16.2 Å². The summed E-state index contributed by atoms with van der Waals surface area (Å²) in [4.78, 5) is 13.8. The van der Waals surface area contributed by atoms with E-state index in [-0.39, 0.29) is 11.9 Å². The average molecular weight is 303 g/mol. The molecule has 0 bridgehead atoms. The number of likely N-dealkylation sites (N-methyl/N-ethyl adjacent to an activating group) is 1. The van der Waals surface area contributed by atoms with Crippen molar-refractivity contribution < 1.29 is 4.79 Å². The molecule has 1 aromatic heterocycles. The van der Waals surface area contributed by atoms with Crippen molar-refractivity contribution in [3.8, 4) is 0 Å². The maximum atomic E-state index is 12.0. The molecule has 1 saturated heterocycles. The Hall–Kier alpha value is -0.390. The van der Waals surface area contributed by atoms with Gasteiger partial charge in [-0.25, -0.2) is 0 Å². The highest BCUT2D eigenvalue weighted by molar-refractivity contribution is 9.11. The summed E-state index contributed by atoms with van der Waals surface area (Å²) < 4.78 is 1.11. The summed E-state index contributed by atoms with van der Waals surface area (Å²) in [6.45, 7) is 1.66. The molecule has 1 N–H and O–H groups in total. The van der Waals surface area contributed by atoms with Crippen molar-refractivity contribution in [3.63, 3.8) is 0 Å². The number of hydrogen-bond acceptors (Lipinski definition) is 3. The van der Waals surface area contributed by atoms with Crippen molar-refractivity contribution >= 4 is 33.2 Å². The summed E-state index contributed by atoms with van der Waals surface area (Å²) in [5.41, 5.74) is 1.19. The van der Waals surface area contributed by atoms with Crippen molar-refractivity contribution in [2.75, 3.05) is 13.6 Å². The van der Waals surface area contributed by atoms with Gasteiger partial charge in [-0.15, -0.1) is 11.3 Å². The van der Waals surface area contributed by atoms with Gasteiger partial charge in [0, 0.05) is 13.6 Å². The van der Waals surface area contributed by atoms with Crippen LogP contribution in [0.25, 0.3) is 0 Å². The molecule has 1 aromatic rings. The van der Waals surface area contributed by atoms with Gasteiger partial charge >= 0.3 is 0 Å². The van der Waals surface area contributed by atoms with Crippen molar-refractivity contribution in [3.05, 3.63) is 20.8 Å². The number of rotatable bonds is 3. The zero-order chi connectivity index (χ0) is 11.5. The van der Waals surface area contributed by atoms with E-state index in [9.17, 15) is 4.79 Å². The second-order valence-corrected chi connectivity index (χ2v) is 6.39. The molecule has 88 valence electrons. The number of carbonyl (C=O) groups is 1. The topological polar surface area (TPSA) is 32.3 Å². The lowest BCUT2D eigenvalue weighted by Gasteiger charge is -2.20. The van der Waals surface area contributed by atoms with Crippen LogP contribution < -0.4 is 5.32 Å². The minimum atomic E-state index is 0.0343. The first kappa shape index (κ1) is 12.1. The molecule has 1 amide bonds. The molecule has 1 atom stereocenters. The Bertz CT molecular complexity index is 374. The van der Waals surface area contributed by atoms with E-state index in [1.807, 2.05) is 7.05 Å². The molecule has 0 saturated carbocycles. The third-order valence-corrected chi connectivity index (χ3v) is 4.33. The van der Waals surface area contributed by atoms with Gasteiger partial charge in [-0.2, -0.15) is 0 Å². The number of nitrogens with one attached hydrogen (secondary N) is 1. The van der Waals surface area contributed by atoms with Crippen LogP contribution in [0.5, 0.6) is 0 Å². The lowest BCUT2D eigenvalue weighted by molar-refractivity contribution is -0.132. The largest absolute Gasteiger partial charge is 0.340 e. The molecule has 2 rings (SSSR count). The Labute approximate surface area is 108 Å². The van der Waals surface area contributed by atoms with Crippen LogP contribution in [0.2, 0.25) is 0 Å². The summed E-state index contributed by atoms with van der Waals surface area (Å²) in [5, 5.41) is 5.31. The predicted octanol–water partition coefficient (Wildman–Crippen LogP) is 2.22. The molecule has 2 heterocycles. The van der Waals surface area contributed by atoms with Crippen LogP contribution in [-0.4, -0.2) is 30.4 Å². The molecule has 1 aliphatic heterocycles. The normalized spacial score (nSPS) is 20.0. The van der Waals surface area contributed by atoms with E-state index in [4.69, 9.17) is 0 Å². The quantitative estimate of drug-likeness (QED) is 0.928. The summed E-state index contributed by atoms with van der Waals surface area (Å²) in [5.74, 6) is 0.208. The number of halogens is 1. The van der Waals surface area contributed by atoms with Gasteiger partial charge < -0.3 is 10.2 Å². The van der Waals surface area contributed by atoms with Crippen LogP contribution in [0.3, 0.4) is 0 Å². The highest BCUT2D eigenvalue weighted by Crippen LogP contribution is 2.21. The van der Waals surface area contributed by atoms with Gasteiger partial charge in [0.15, 0.2) is 0 Å². The third kappa shape index (κ3) is 2.84. The fourth-order valence-electron chi connectivity index (χ4n) is 1.94. The zero-order valence-corrected chi connectivity index (χ0v) is 11.6. The first-order chi connectivity index (χ1) is 7.66. The SMILES string of the molecule is CN(Cc1csc(Br)c1)C(=O)[C@@H]1CCCN1. The molecule has 0 aromatic carbocycles. The van der Waals surface area contributed by atoms with Crippen LogP contribution in [-0.2, 0) is 11.3 Å². The fraction of sp³-hybridized carbons (Fsp3) is 0.545. The van der Waals surface area contributed by atoms with Crippen molar-refractivity contribution in [2.45, 2.75) is 25.4 Å². The van der Waals surface area contributed by atoms with E-state index in [1.165, 1.54) is 5.56 Å². The average Bonchev–Trinajstić information content (AvgIpc) is 2.88. The third-order valence-electron chi connectivity index (χ3n) is 2.78. The number of amides is 1. The van der Waals surface area contributed by atoms with Gasteiger partial charge in [0.05, 0.1) is 9.83 Å². The van der Waals surface area contributed by atoms with Crippen LogP contribution in [0.4, 0.5) is 0 Å². The molecule has 1 aliphatic rings. The van der Waals surface area contributed by atoms with E-state index in [0.29, 0.717) is 6.54 Å². The highest BCUT2D eigenvalue weighted by Gasteiger charge is 2.24. The zero-order valence-electron chi connectivity index (χ0n) is 9.20. The van der Waals surface area contributed by atoms with Gasteiger partial charge in [-0.1, -0.05) is 0 Å². The second kappa shape index (κ2) is 5.29. The lowest BCUT2D eigenvalue weighted by Crippen LogP contribution is -2.41. The Balaban J connectivity index is 1.91. The molecule has 0 unspecified atom stereocenters. The van der Waals surface area contributed by atoms with E-state index >= 15 is 0 Å². The molecule has 0 spiro atoms. The Kier molecular flexibility index (Phi) is 4.00. The van der Waals surface area contributed by atoms with Gasteiger partial charge in [-0.3, -0.25) is 4.79 Å². The molecule has 1 fully saturated rings. The van der Waals surface area contributed by atoms with Gasteiger partial charge in [0.2, 0.25) is 5.91 Å². The Morgan fingerprint density at radius 3 is 3.12 bits per heavy atom. The Morgan fingerprint density at radius 2 is 2.56 bits per heavy atom. The smallest absolute Gasteiger partial charge is 0.239 e. The monoisotopic (exact) mass is 302 g/mol. The number of nitrogens with zero attached hydrogens (tertiary/aromatic N) is 1. The van der Waals surface area contributed by atoms with Crippen molar-refractivity contribution in [1.82, 2.24) is 10.2 Å². The minimum absolute atomic E-state index is 0.0343. The van der Waals surface area contributed by atoms with Gasteiger partial charge in [-0.05, 0) is 52.3 Å². The van der Waals surface area contributed by atoms with Gasteiger partial charge in [0.25, 0.3) is 0 Å². The molecular weight excluding hydrogens is 288 g/mol. The van der Waals surface area contributed by atoms with E-state index < -0.39 is 0 Å².